The molecule has 1 aliphatic heterocycles. The van der Waals surface area contributed by atoms with Gasteiger partial charge in [-0.15, -0.1) is 0 Å². The van der Waals surface area contributed by atoms with E-state index >= 15 is 0 Å². The van der Waals surface area contributed by atoms with Crippen molar-refractivity contribution in [2.75, 3.05) is 24.6 Å². The summed E-state index contributed by atoms with van der Waals surface area (Å²) in [5, 5.41) is 0. The molecule has 0 saturated carbocycles. The molecule has 1 saturated heterocycles. The molecule has 1 fully saturated rings. The van der Waals surface area contributed by atoms with Crippen molar-refractivity contribution in [3.05, 3.63) is 17.7 Å². The second-order valence-corrected chi connectivity index (χ2v) is 7.82. The van der Waals surface area contributed by atoms with Crippen LogP contribution >= 0.6 is 11.8 Å². The lowest BCUT2D eigenvalue weighted by molar-refractivity contribution is 0.0742. The molecule has 1 aromatic heterocycles. The average molecular weight is 294 g/mol. The summed E-state index contributed by atoms with van der Waals surface area (Å²) in [6.07, 6.45) is 1.54. The Morgan fingerprint density at radius 3 is 2.80 bits per heavy atom. The predicted octanol–water partition coefficient (Wildman–Crippen LogP) is 2.15. The van der Waals surface area contributed by atoms with Crippen LogP contribution in [0.2, 0.25) is 0 Å². The molecule has 20 heavy (non-hydrogen) atoms. The lowest BCUT2D eigenvalue weighted by Crippen LogP contribution is -2.46. The summed E-state index contributed by atoms with van der Waals surface area (Å²) in [7, 11) is 0. The van der Waals surface area contributed by atoms with Crippen molar-refractivity contribution < 1.29 is 4.79 Å². The lowest BCUT2D eigenvalue weighted by atomic mass is 10.1. The maximum atomic E-state index is 12.6. The Balaban J connectivity index is 2.26. The zero-order valence-corrected chi connectivity index (χ0v) is 13.3. The van der Waals surface area contributed by atoms with E-state index in [4.69, 9.17) is 5.73 Å². The molecule has 0 unspecified atom stereocenters. The summed E-state index contributed by atoms with van der Waals surface area (Å²) >= 11 is 1.89. The number of amides is 1. The fraction of sp³-hybridized carbons (Fsp3) is 0.643. The molecule has 0 radical (unpaired) electrons. The second-order valence-electron chi connectivity index (χ2n) is 6.02. The highest BCUT2D eigenvalue weighted by molar-refractivity contribution is 8.00. The van der Waals surface area contributed by atoms with Gasteiger partial charge in [-0.3, -0.25) is 4.79 Å². The van der Waals surface area contributed by atoms with Gasteiger partial charge >= 0.3 is 0 Å². The van der Waals surface area contributed by atoms with E-state index in [0.29, 0.717) is 17.2 Å². The molecular formula is C14H22N4OS. The molecule has 0 atom stereocenters. The van der Waals surface area contributed by atoms with Gasteiger partial charge < -0.3 is 10.6 Å². The van der Waals surface area contributed by atoms with Crippen LogP contribution in [-0.2, 0) is 0 Å². The van der Waals surface area contributed by atoms with Crippen molar-refractivity contribution >= 4 is 23.4 Å². The third-order valence-electron chi connectivity index (χ3n) is 3.27. The predicted molar refractivity (Wildman–Crippen MR) is 83.0 cm³/mol. The van der Waals surface area contributed by atoms with Gasteiger partial charge in [-0.25, -0.2) is 9.97 Å². The van der Waals surface area contributed by atoms with Gasteiger partial charge in [0.25, 0.3) is 5.91 Å². The molecule has 110 valence electrons. The highest BCUT2D eigenvalue weighted by atomic mass is 32.2. The van der Waals surface area contributed by atoms with Gasteiger partial charge in [0.05, 0.1) is 11.9 Å². The number of nitrogens with two attached hydrogens (primary N) is 1. The summed E-state index contributed by atoms with van der Waals surface area (Å²) < 4.78 is 0.0799. The molecule has 1 aromatic rings. The Hall–Kier alpha value is -1.30. The highest BCUT2D eigenvalue weighted by Crippen LogP contribution is 2.30. The van der Waals surface area contributed by atoms with Gasteiger partial charge in [0.15, 0.2) is 5.69 Å². The molecule has 5 nitrogen and oxygen atoms in total. The van der Waals surface area contributed by atoms with Crippen molar-refractivity contribution in [3.8, 4) is 0 Å². The molecule has 1 amide bonds. The quantitative estimate of drug-likeness (QED) is 0.905. The number of aromatic nitrogens is 2. The van der Waals surface area contributed by atoms with Crippen LogP contribution in [-0.4, -0.2) is 44.4 Å². The van der Waals surface area contributed by atoms with Crippen LogP contribution in [0, 0.1) is 0 Å². The smallest absolute Gasteiger partial charge is 0.274 e. The van der Waals surface area contributed by atoms with Crippen LogP contribution in [0.3, 0.4) is 0 Å². The van der Waals surface area contributed by atoms with E-state index in [1.807, 2.05) is 30.5 Å². The number of nitrogens with zero attached hydrogens (tertiary/aromatic N) is 3. The van der Waals surface area contributed by atoms with E-state index in [9.17, 15) is 4.79 Å². The minimum absolute atomic E-state index is 0.0799. The van der Waals surface area contributed by atoms with Crippen molar-refractivity contribution in [2.24, 2.45) is 0 Å². The molecule has 0 bridgehead atoms. The maximum absolute atomic E-state index is 12.6. The van der Waals surface area contributed by atoms with Crippen LogP contribution in [0.1, 0.15) is 49.9 Å². The number of carbonyl (C=O) groups excluding carboxylic acids is 1. The average Bonchev–Trinajstić information content (AvgIpc) is 2.37. The van der Waals surface area contributed by atoms with Crippen LogP contribution in [0.15, 0.2) is 6.20 Å². The SMILES string of the molecule is CC(C)c1ncc(N)c(C(=O)N2CCSC(C)(C)C2)n1. The fourth-order valence-corrected chi connectivity index (χ4v) is 3.31. The Morgan fingerprint density at radius 1 is 1.50 bits per heavy atom. The Bertz CT molecular complexity index is 516. The van der Waals surface area contributed by atoms with Crippen LogP contribution in [0.5, 0.6) is 0 Å². The first-order valence-electron chi connectivity index (χ1n) is 6.86. The highest BCUT2D eigenvalue weighted by Gasteiger charge is 2.31. The molecular weight excluding hydrogens is 272 g/mol. The fourth-order valence-electron chi connectivity index (χ4n) is 2.19. The number of rotatable bonds is 2. The molecule has 2 rings (SSSR count). The molecule has 2 heterocycles. The van der Waals surface area contributed by atoms with E-state index in [1.165, 1.54) is 0 Å². The van der Waals surface area contributed by atoms with Crippen LogP contribution in [0.25, 0.3) is 0 Å². The molecule has 1 aliphatic rings. The van der Waals surface area contributed by atoms with Gasteiger partial charge in [0.1, 0.15) is 5.82 Å². The first kappa shape index (κ1) is 15.1. The van der Waals surface area contributed by atoms with E-state index in [1.54, 1.807) is 6.20 Å². The standard InChI is InChI=1S/C14H22N4OS/c1-9(2)12-16-7-10(15)11(17-12)13(19)18-5-6-20-14(3,4)8-18/h7,9H,5-6,8,15H2,1-4H3. The number of hydrogen-bond acceptors (Lipinski definition) is 5. The van der Waals surface area contributed by atoms with Gasteiger partial charge in [0.2, 0.25) is 0 Å². The van der Waals surface area contributed by atoms with Crippen molar-refractivity contribution in [2.45, 2.75) is 38.4 Å². The summed E-state index contributed by atoms with van der Waals surface area (Å²) in [5.41, 5.74) is 6.58. The van der Waals surface area contributed by atoms with E-state index < -0.39 is 0 Å². The third-order valence-corrected chi connectivity index (χ3v) is 4.56. The summed E-state index contributed by atoms with van der Waals surface area (Å²) in [6, 6.07) is 0. The van der Waals surface area contributed by atoms with E-state index in [-0.39, 0.29) is 16.6 Å². The Kier molecular flexibility index (Phi) is 4.22. The van der Waals surface area contributed by atoms with Crippen molar-refractivity contribution in [3.63, 3.8) is 0 Å². The first-order valence-corrected chi connectivity index (χ1v) is 7.84. The van der Waals surface area contributed by atoms with Gasteiger partial charge in [0, 0.05) is 29.5 Å². The number of carbonyl (C=O) groups is 1. The third kappa shape index (κ3) is 3.23. The van der Waals surface area contributed by atoms with Crippen molar-refractivity contribution in [1.82, 2.24) is 14.9 Å². The van der Waals surface area contributed by atoms with Gasteiger partial charge in [-0.2, -0.15) is 11.8 Å². The summed E-state index contributed by atoms with van der Waals surface area (Å²) in [5.74, 6) is 1.70. The number of hydrogen-bond donors (Lipinski definition) is 1. The number of nitrogen functional groups attached to an aromatic ring is 1. The lowest BCUT2D eigenvalue weighted by Gasteiger charge is -2.37. The van der Waals surface area contributed by atoms with E-state index in [0.717, 1.165) is 18.8 Å². The molecule has 2 N–H and O–H groups in total. The minimum Gasteiger partial charge on any atom is -0.396 e. The zero-order valence-electron chi connectivity index (χ0n) is 12.5. The molecule has 0 aliphatic carbocycles. The summed E-state index contributed by atoms with van der Waals surface area (Å²) in [6.45, 7) is 9.77. The van der Waals surface area contributed by atoms with Crippen LogP contribution in [0.4, 0.5) is 5.69 Å². The van der Waals surface area contributed by atoms with Crippen molar-refractivity contribution in [1.29, 1.82) is 0 Å². The van der Waals surface area contributed by atoms with Gasteiger partial charge in [-0.05, 0) is 13.8 Å². The maximum Gasteiger partial charge on any atom is 0.274 e. The van der Waals surface area contributed by atoms with E-state index in [2.05, 4.69) is 23.8 Å². The number of thioether (sulfide) groups is 1. The summed E-state index contributed by atoms with van der Waals surface area (Å²) in [4.78, 5) is 23.0. The Labute approximate surface area is 124 Å². The number of anilines is 1. The molecule has 6 heteroatoms. The molecule has 0 aromatic carbocycles. The topological polar surface area (TPSA) is 72.1 Å². The minimum atomic E-state index is -0.0832. The van der Waals surface area contributed by atoms with Gasteiger partial charge in [-0.1, -0.05) is 13.8 Å². The Morgan fingerprint density at radius 2 is 2.20 bits per heavy atom. The zero-order chi connectivity index (χ0) is 14.9. The monoisotopic (exact) mass is 294 g/mol. The largest absolute Gasteiger partial charge is 0.396 e. The van der Waals surface area contributed by atoms with Crippen LogP contribution < -0.4 is 5.73 Å². The normalized spacial score (nSPS) is 18.4. The second kappa shape index (κ2) is 5.60. The molecule has 0 spiro atoms. The first-order chi connectivity index (χ1) is 9.30.